The molecule has 2 aromatic carbocycles. The van der Waals surface area contributed by atoms with E-state index in [9.17, 15) is 9.18 Å². The third kappa shape index (κ3) is 5.01. The Hall–Kier alpha value is -3.85. The van der Waals surface area contributed by atoms with Crippen LogP contribution in [-0.4, -0.2) is 26.2 Å². The third-order valence-electron chi connectivity index (χ3n) is 4.38. The number of benzene rings is 2. The van der Waals surface area contributed by atoms with Gasteiger partial charge in [-0.2, -0.15) is 0 Å². The van der Waals surface area contributed by atoms with Crippen molar-refractivity contribution < 1.29 is 19.0 Å². The molecule has 4 N–H and O–H groups in total. The van der Waals surface area contributed by atoms with Gasteiger partial charge < -0.3 is 25.5 Å². The van der Waals surface area contributed by atoms with Gasteiger partial charge in [-0.15, -0.1) is 0 Å². The van der Waals surface area contributed by atoms with Gasteiger partial charge >= 0.3 is 6.09 Å². The van der Waals surface area contributed by atoms with Crippen molar-refractivity contribution in [2.24, 2.45) is 0 Å². The molecule has 2 heterocycles. The number of hydrogen-bond donors (Lipinski definition) is 4. The van der Waals surface area contributed by atoms with Crippen LogP contribution >= 0.6 is 11.6 Å². The molecule has 31 heavy (non-hydrogen) atoms. The molecule has 158 valence electrons. The number of nitrogens with one attached hydrogen (secondary N) is 3. The van der Waals surface area contributed by atoms with Crippen LogP contribution in [0.25, 0.3) is 11.0 Å². The molecule has 0 fully saturated rings. The highest BCUT2D eigenvalue weighted by molar-refractivity contribution is 6.32. The second kappa shape index (κ2) is 8.88. The van der Waals surface area contributed by atoms with Gasteiger partial charge in [0.15, 0.2) is 5.82 Å². The van der Waals surface area contributed by atoms with E-state index in [1.54, 1.807) is 36.4 Å². The Bertz CT molecular complexity index is 1250. The molecular weight excluding hydrogens is 425 g/mol. The smallest absolute Gasteiger partial charge is 0.404 e. The Kier molecular flexibility index (Phi) is 5.85. The lowest BCUT2D eigenvalue weighted by Gasteiger charge is -2.11. The first kappa shape index (κ1) is 20.4. The number of amides is 1. The molecule has 0 bridgehead atoms. The molecule has 0 atom stereocenters. The van der Waals surface area contributed by atoms with Crippen LogP contribution in [0.2, 0.25) is 5.02 Å². The SMILES string of the molecule is O=C(O)NCc1cc2ncnc(Nc3ccc(OCc4cccc(F)c4)c(Cl)c3)c2[nH]1. The van der Waals surface area contributed by atoms with Gasteiger partial charge in [0, 0.05) is 11.4 Å². The first-order valence-corrected chi connectivity index (χ1v) is 9.59. The minimum absolute atomic E-state index is 0.119. The fourth-order valence-corrected chi connectivity index (χ4v) is 3.21. The van der Waals surface area contributed by atoms with Gasteiger partial charge in [-0.25, -0.2) is 19.2 Å². The van der Waals surface area contributed by atoms with Crippen LogP contribution < -0.4 is 15.4 Å². The van der Waals surface area contributed by atoms with Gasteiger partial charge in [-0.3, -0.25) is 0 Å². The van der Waals surface area contributed by atoms with E-state index < -0.39 is 6.09 Å². The summed E-state index contributed by atoms with van der Waals surface area (Å²) in [4.78, 5) is 22.2. The van der Waals surface area contributed by atoms with Crippen molar-refractivity contribution in [2.75, 3.05) is 5.32 Å². The van der Waals surface area contributed by atoms with E-state index in [1.807, 2.05) is 0 Å². The number of hydrogen-bond acceptors (Lipinski definition) is 5. The molecule has 0 saturated carbocycles. The van der Waals surface area contributed by atoms with Crippen molar-refractivity contribution in [3.8, 4) is 5.75 Å². The molecule has 10 heteroatoms. The number of rotatable bonds is 7. The summed E-state index contributed by atoms with van der Waals surface area (Å²) in [7, 11) is 0. The predicted octanol–water partition coefficient (Wildman–Crippen LogP) is 4.84. The summed E-state index contributed by atoms with van der Waals surface area (Å²) in [6.45, 7) is 0.306. The second-order valence-electron chi connectivity index (χ2n) is 6.62. The second-order valence-corrected chi connectivity index (χ2v) is 7.03. The maximum Gasteiger partial charge on any atom is 0.404 e. The van der Waals surface area contributed by atoms with Crippen LogP contribution in [0.3, 0.4) is 0 Å². The van der Waals surface area contributed by atoms with Crippen LogP contribution in [0.4, 0.5) is 20.7 Å². The van der Waals surface area contributed by atoms with E-state index in [4.69, 9.17) is 21.4 Å². The van der Waals surface area contributed by atoms with Crippen molar-refractivity contribution in [1.29, 1.82) is 0 Å². The largest absolute Gasteiger partial charge is 0.487 e. The first-order valence-electron chi connectivity index (χ1n) is 9.21. The summed E-state index contributed by atoms with van der Waals surface area (Å²) in [5.41, 5.74) is 3.29. The van der Waals surface area contributed by atoms with Crippen molar-refractivity contribution in [2.45, 2.75) is 13.2 Å². The normalized spacial score (nSPS) is 10.8. The maximum absolute atomic E-state index is 13.3. The molecule has 0 aliphatic rings. The van der Waals surface area contributed by atoms with Crippen LogP contribution in [-0.2, 0) is 13.2 Å². The third-order valence-corrected chi connectivity index (χ3v) is 4.68. The van der Waals surface area contributed by atoms with Gasteiger partial charge in [0.1, 0.15) is 30.0 Å². The molecule has 0 aliphatic heterocycles. The van der Waals surface area contributed by atoms with Gasteiger partial charge in [0.25, 0.3) is 0 Å². The highest BCUT2D eigenvalue weighted by Gasteiger charge is 2.11. The summed E-state index contributed by atoms with van der Waals surface area (Å²) in [6, 6.07) is 13.1. The molecule has 0 aliphatic carbocycles. The number of anilines is 2. The van der Waals surface area contributed by atoms with Crippen molar-refractivity contribution in [1.82, 2.24) is 20.3 Å². The van der Waals surface area contributed by atoms with Crippen molar-refractivity contribution in [3.05, 3.63) is 77.0 Å². The highest BCUT2D eigenvalue weighted by Crippen LogP contribution is 2.31. The molecule has 2 aromatic heterocycles. The summed E-state index contributed by atoms with van der Waals surface area (Å²) in [6.07, 6.45) is 0.294. The number of ether oxygens (including phenoxy) is 1. The van der Waals surface area contributed by atoms with Gasteiger partial charge in [0.2, 0.25) is 0 Å². The van der Waals surface area contributed by atoms with Gasteiger partial charge in [0.05, 0.1) is 17.1 Å². The average Bonchev–Trinajstić information content (AvgIpc) is 3.16. The minimum atomic E-state index is -1.11. The zero-order valence-corrected chi connectivity index (χ0v) is 16.8. The number of carboxylic acid groups (broad SMARTS) is 1. The van der Waals surface area contributed by atoms with E-state index in [0.717, 1.165) is 0 Å². The van der Waals surface area contributed by atoms with Gasteiger partial charge in [-0.05, 0) is 42.0 Å². The molecule has 8 nitrogen and oxygen atoms in total. The number of halogens is 2. The first-order chi connectivity index (χ1) is 15.0. The standard InChI is InChI=1S/C21H17ClFN5O3/c22-16-7-14(4-5-18(16)31-10-12-2-1-3-13(23)6-12)28-20-19-17(25-11-26-20)8-15(27-19)9-24-21(29)30/h1-8,11,24,27H,9-10H2,(H,29,30)(H,25,26,28). The Morgan fingerprint density at radius 1 is 1.19 bits per heavy atom. The maximum atomic E-state index is 13.3. The molecule has 1 amide bonds. The monoisotopic (exact) mass is 441 g/mol. The van der Waals surface area contributed by atoms with E-state index >= 15 is 0 Å². The van der Waals surface area contributed by atoms with Crippen LogP contribution in [0.1, 0.15) is 11.3 Å². The number of H-pyrrole nitrogens is 1. The number of carbonyl (C=O) groups is 1. The molecule has 4 aromatic rings. The molecule has 0 saturated heterocycles. The lowest BCUT2D eigenvalue weighted by atomic mass is 10.2. The summed E-state index contributed by atoms with van der Waals surface area (Å²) in [5, 5.41) is 14.6. The lowest BCUT2D eigenvalue weighted by molar-refractivity contribution is 0.194. The summed E-state index contributed by atoms with van der Waals surface area (Å²) < 4.78 is 19.0. The molecule has 0 radical (unpaired) electrons. The van der Waals surface area contributed by atoms with E-state index in [0.29, 0.717) is 44.6 Å². The van der Waals surface area contributed by atoms with E-state index in [1.165, 1.54) is 18.5 Å². The fraction of sp³-hybridized carbons (Fsp3) is 0.0952. The van der Waals surface area contributed by atoms with Gasteiger partial charge in [-0.1, -0.05) is 23.7 Å². The zero-order valence-electron chi connectivity index (χ0n) is 16.0. The number of fused-ring (bicyclic) bond motifs is 1. The average molecular weight is 442 g/mol. The minimum Gasteiger partial charge on any atom is -0.487 e. The zero-order chi connectivity index (χ0) is 21.8. The molecular formula is C21H17ClFN5O3. The summed E-state index contributed by atoms with van der Waals surface area (Å²) >= 11 is 6.34. The number of nitrogens with zero attached hydrogens (tertiary/aromatic N) is 2. The highest BCUT2D eigenvalue weighted by atomic mass is 35.5. The van der Waals surface area contributed by atoms with Crippen LogP contribution in [0.15, 0.2) is 54.9 Å². The predicted molar refractivity (Wildman–Crippen MR) is 114 cm³/mol. The quantitative estimate of drug-likeness (QED) is 0.326. The lowest BCUT2D eigenvalue weighted by Crippen LogP contribution is -2.19. The Balaban J connectivity index is 1.48. The van der Waals surface area contributed by atoms with E-state index in [2.05, 4.69) is 25.6 Å². The van der Waals surface area contributed by atoms with E-state index in [-0.39, 0.29) is 19.0 Å². The van der Waals surface area contributed by atoms with Crippen LogP contribution in [0.5, 0.6) is 5.75 Å². The van der Waals surface area contributed by atoms with Crippen molar-refractivity contribution in [3.63, 3.8) is 0 Å². The molecule has 4 rings (SSSR count). The Labute approximate surface area is 181 Å². The molecule has 0 spiro atoms. The topological polar surface area (TPSA) is 112 Å². The summed E-state index contributed by atoms with van der Waals surface area (Å²) in [5.74, 6) is 0.649. The molecule has 0 unspecified atom stereocenters. The fourth-order valence-electron chi connectivity index (χ4n) is 2.97. The number of aromatic amines is 1. The Morgan fingerprint density at radius 3 is 2.84 bits per heavy atom. The van der Waals surface area contributed by atoms with Crippen molar-refractivity contribution >= 4 is 40.2 Å². The Morgan fingerprint density at radius 2 is 2.06 bits per heavy atom. The number of aromatic nitrogens is 3. The van der Waals surface area contributed by atoms with Crippen LogP contribution in [0, 0.1) is 5.82 Å².